The average Bonchev–Trinajstić information content (AvgIpc) is 2.45. The predicted molar refractivity (Wildman–Crippen MR) is 81.1 cm³/mol. The van der Waals surface area contributed by atoms with E-state index >= 15 is 0 Å². The summed E-state index contributed by atoms with van der Waals surface area (Å²) in [5.41, 5.74) is 2.11. The fourth-order valence-corrected chi connectivity index (χ4v) is 1.91. The van der Waals surface area contributed by atoms with Crippen LogP contribution in [-0.2, 0) is 0 Å². The molecule has 20 heavy (non-hydrogen) atoms. The van der Waals surface area contributed by atoms with E-state index in [4.69, 9.17) is 4.74 Å². The number of aromatic nitrogens is 2. The zero-order chi connectivity index (χ0) is 14.4. The molecule has 2 aromatic rings. The molecular formula is C16H21N3O. The van der Waals surface area contributed by atoms with Gasteiger partial charge in [0.2, 0.25) is 0 Å². The van der Waals surface area contributed by atoms with Gasteiger partial charge in [-0.1, -0.05) is 25.1 Å². The molecule has 1 unspecified atom stereocenters. The van der Waals surface area contributed by atoms with E-state index in [1.165, 1.54) is 0 Å². The molecule has 4 nitrogen and oxygen atoms in total. The van der Waals surface area contributed by atoms with Gasteiger partial charge in [0, 0.05) is 11.8 Å². The van der Waals surface area contributed by atoms with Crippen LogP contribution in [0.25, 0.3) is 0 Å². The van der Waals surface area contributed by atoms with Crippen molar-refractivity contribution < 1.29 is 4.74 Å². The van der Waals surface area contributed by atoms with Crippen LogP contribution in [0.15, 0.2) is 36.7 Å². The van der Waals surface area contributed by atoms with Crippen LogP contribution in [0.4, 0.5) is 5.82 Å². The lowest BCUT2D eigenvalue weighted by molar-refractivity contribution is 0.208. The Labute approximate surface area is 120 Å². The fraction of sp³-hybridized carbons (Fsp3) is 0.375. The maximum Gasteiger partial charge on any atom is 0.129 e. The molecule has 0 bridgehead atoms. The molecule has 0 aliphatic rings. The van der Waals surface area contributed by atoms with Gasteiger partial charge in [0.25, 0.3) is 0 Å². The van der Waals surface area contributed by atoms with Crippen LogP contribution in [0.1, 0.15) is 24.6 Å². The molecule has 0 aliphatic carbocycles. The zero-order valence-electron chi connectivity index (χ0n) is 12.3. The largest absolute Gasteiger partial charge is 0.488 e. The maximum absolute atomic E-state index is 6.04. The van der Waals surface area contributed by atoms with Crippen LogP contribution >= 0.6 is 0 Å². The zero-order valence-corrected chi connectivity index (χ0v) is 12.3. The van der Waals surface area contributed by atoms with Crippen LogP contribution < -0.4 is 10.1 Å². The van der Waals surface area contributed by atoms with Crippen molar-refractivity contribution in [3.05, 3.63) is 47.9 Å². The molecule has 106 valence electrons. The summed E-state index contributed by atoms with van der Waals surface area (Å²) in [6.45, 7) is 6.86. The Bertz CT molecular complexity index is 557. The van der Waals surface area contributed by atoms with E-state index in [1.807, 2.05) is 31.2 Å². The molecule has 1 aromatic heterocycles. The van der Waals surface area contributed by atoms with E-state index in [2.05, 4.69) is 35.2 Å². The molecular weight excluding hydrogens is 250 g/mol. The van der Waals surface area contributed by atoms with Crippen LogP contribution in [0.2, 0.25) is 0 Å². The molecule has 1 aromatic carbocycles. The molecule has 0 saturated carbocycles. The van der Waals surface area contributed by atoms with E-state index < -0.39 is 0 Å². The summed E-state index contributed by atoms with van der Waals surface area (Å²) in [6, 6.07) is 10.0. The lowest BCUT2D eigenvalue weighted by atomic mass is 10.2. The van der Waals surface area contributed by atoms with Gasteiger partial charge in [-0.05, 0) is 31.9 Å². The fourth-order valence-electron chi connectivity index (χ4n) is 1.91. The molecule has 1 N–H and O–H groups in total. The van der Waals surface area contributed by atoms with Gasteiger partial charge < -0.3 is 10.1 Å². The number of rotatable bonds is 6. The van der Waals surface area contributed by atoms with Gasteiger partial charge in [-0.25, -0.2) is 9.97 Å². The minimum absolute atomic E-state index is 0.117. The van der Waals surface area contributed by atoms with E-state index in [1.54, 1.807) is 6.33 Å². The van der Waals surface area contributed by atoms with Gasteiger partial charge >= 0.3 is 0 Å². The first-order chi connectivity index (χ1) is 9.69. The highest BCUT2D eigenvalue weighted by Crippen LogP contribution is 2.19. The molecule has 0 radical (unpaired) electrons. The third kappa shape index (κ3) is 3.95. The van der Waals surface area contributed by atoms with Crippen LogP contribution in [0.5, 0.6) is 5.75 Å². The Kier molecular flexibility index (Phi) is 4.93. The standard InChI is InChI=1S/C16H21N3O/c1-4-14(20-15-8-6-5-7-12(15)2)10-17-16-9-13(3)18-11-19-16/h5-9,11,14H,4,10H2,1-3H3,(H,17,18,19). The van der Waals surface area contributed by atoms with Gasteiger partial charge in [0.15, 0.2) is 0 Å². The smallest absolute Gasteiger partial charge is 0.129 e. The lowest BCUT2D eigenvalue weighted by Gasteiger charge is -2.19. The van der Waals surface area contributed by atoms with Crippen molar-refractivity contribution in [1.82, 2.24) is 9.97 Å². The number of nitrogens with one attached hydrogen (secondary N) is 1. The van der Waals surface area contributed by atoms with Crippen LogP contribution in [-0.4, -0.2) is 22.6 Å². The molecule has 2 rings (SSSR count). The summed E-state index contributed by atoms with van der Waals surface area (Å²) in [6.07, 6.45) is 2.62. The van der Waals surface area contributed by atoms with Gasteiger partial charge in [-0.2, -0.15) is 0 Å². The van der Waals surface area contributed by atoms with Crippen molar-refractivity contribution in [1.29, 1.82) is 0 Å². The summed E-state index contributed by atoms with van der Waals surface area (Å²) < 4.78 is 6.04. The second-order valence-corrected chi connectivity index (χ2v) is 4.84. The van der Waals surface area contributed by atoms with Crippen LogP contribution in [0, 0.1) is 13.8 Å². The normalized spacial score (nSPS) is 11.9. The molecule has 0 amide bonds. The summed E-state index contributed by atoms with van der Waals surface area (Å²) in [5.74, 6) is 1.78. The molecule has 0 spiro atoms. The average molecular weight is 271 g/mol. The van der Waals surface area contributed by atoms with E-state index in [-0.39, 0.29) is 6.10 Å². The molecule has 1 atom stereocenters. The molecule has 1 heterocycles. The SMILES string of the molecule is CCC(CNc1cc(C)ncn1)Oc1ccccc1C. The van der Waals surface area contributed by atoms with Crippen molar-refractivity contribution in [3.63, 3.8) is 0 Å². The third-order valence-corrected chi connectivity index (χ3v) is 3.16. The molecule has 4 heteroatoms. The summed E-state index contributed by atoms with van der Waals surface area (Å²) in [7, 11) is 0. The Morgan fingerprint density at radius 1 is 1.20 bits per heavy atom. The van der Waals surface area contributed by atoms with Crippen molar-refractivity contribution >= 4 is 5.82 Å². The van der Waals surface area contributed by atoms with E-state index in [0.717, 1.165) is 35.8 Å². The summed E-state index contributed by atoms with van der Waals surface area (Å²) >= 11 is 0. The Hall–Kier alpha value is -2.10. The summed E-state index contributed by atoms with van der Waals surface area (Å²) in [5, 5.41) is 3.30. The number of para-hydroxylation sites is 1. The van der Waals surface area contributed by atoms with Gasteiger partial charge in [-0.15, -0.1) is 0 Å². The van der Waals surface area contributed by atoms with Crippen molar-refractivity contribution in [3.8, 4) is 5.75 Å². The number of hydrogen-bond donors (Lipinski definition) is 1. The highest BCUT2D eigenvalue weighted by Gasteiger charge is 2.09. The van der Waals surface area contributed by atoms with E-state index in [9.17, 15) is 0 Å². The minimum Gasteiger partial charge on any atom is -0.488 e. The first-order valence-corrected chi connectivity index (χ1v) is 6.94. The van der Waals surface area contributed by atoms with Crippen molar-refractivity contribution in [2.24, 2.45) is 0 Å². The number of aryl methyl sites for hydroxylation is 2. The predicted octanol–water partition coefficient (Wildman–Crippen LogP) is 3.36. The van der Waals surface area contributed by atoms with E-state index in [0.29, 0.717) is 0 Å². The topological polar surface area (TPSA) is 47.0 Å². The Morgan fingerprint density at radius 2 is 2.00 bits per heavy atom. The Morgan fingerprint density at radius 3 is 2.70 bits per heavy atom. The third-order valence-electron chi connectivity index (χ3n) is 3.16. The highest BCUT2D eigenvalue weighted by molar-refractivity contribution is 5.35. The number of ether oxygens (including phenoxy) is 1. The second-order valence-electron chi connectivity index (χ2n) is 4.84. The first-order valence-electron chi connectivity index (χ1n) is 6.94. The van der Waals surface area contributed by atoms with Gasteiger partial charge in [0.1, 0.15) is 24.0 Å². The van der Waals surface area contributed by atoms with Crippen molar-refractivity contribution in [2.75, 3.05) is 11.9 Å². The second kappa shape index (κ2) is 6.89. The highest BCUT2D eigenvalue weighted by atomic mass is 16.5. The first kappa shape index (κ1) is 14.3. The number of nitrogens with zero attached hydrogens (tertiary/aromatic N) is 2. The van der Waals surface area contributed by atoms with Gasteiger partial charge in [-0.3, -0.25) is 0 Å². The molecule has 0 saturated heterocycles. The van der Waals surface area contributed by atoms with Gasteiger partial charge in [0.05, 0.1) is 6.54 Å². The number of benzene rings is 1. The van der Waals surface area contributed by atoms with Crippen molar-refractivity contribution in [2.45, 2.75) is 33.3 Å². The number of anilines is 1. The molecule has 0 aliphatic heterocycles. The minimum atomic E-state index is 0.117. The lowest BCUT2D eigenvalue weighted by Crippen LogP contribution is -2.26. The monoisotopic (exact) mass is 271 g/mol. The quantitative estimate of drug-likeness (QED) is 0.875. The summed E-state index contributed by atoms with van der Waals surface area (Å²) in [4.78, 5) is 8.28. The molecule has 0 fully saturated rings. The number of hydrogen-bond acceptors (Lipinski definition) is 4. The maximum atomic E-state index is 6.04. The van der Waals surface area contributed by atoms with Crippen LogP contribution in [0.3, 0.4) is 0 Å². The Balaban J connectivity index is 1.94.